The van der Waals surface area contributed by atoms with Crippen LogP contribution in [0.4, 0.5) is 11.8 Å². The van der Waals surface area contributed by atoms with E-state index in [1.54, 1.807) is 0 Å². The Labute approximate surface area is 117 Å². The summed E-state index contributed by atoms with van der Waals surface area (Å²) < 4.78 is 5.10. The van der Waals surface area contributed by atoms with Gasteiger partial charge < -0.3 is 20.1 Å². The van der Waals surface area contributed by atoms with Crippen LogP contribution in [0.25, 0.3) is 0 Å². The van der Waals surface area contributed by atoms with E-state index >= 15 is 0 Å². The molecular weight excluding hydrogens is 260 g/mol. The second kappa shape index (κ2) is 5.62. The Morgan fingerprint density at radius 2 is 2.05 bits per heavy atom. The molecule has 0 spiro atoms. The van der Waals surface area contributed by atoms with Gasteiger partial charge in [0.25, 0.3) is 0 Å². The highest BCUT2D eigenvalue weighted by Crippen LogP contribution is 2.20. The number of hydrogen-bond donors (Lipinski definition) is 2. The average Bonchev–Trinajstić information content (AvgIpc) is 2.43. The molecule has 2 aliphatic rings. The van der Waals surface area contributed by atoms with Crippen LogP contribution in [0.1, 0.15) is 29.8 Å². The van der Waals surface area contributed by atoms with E-state index < -0.39 is 5.97 Å². The lowest BCUT2D eigenvalue weighted by Gasteiger charge is -2.29. The number of carbonyl (C=O) groups is 1. The van der Waals surface area contributed by atoms with Crippen LogP contribution in [-0.4, -0.2) is 53.4 Å². The minimum Gasteiger partial charge on any atom is -0.477 e. The van der Waals surface area contributed by atoms with Crippen molar-refractivity contribution in [2.24, 2.45) is 0 Å². The SMILES string of the molecule is O=C(O)c1cc(NC2COC2)nc(N2CCCCC2)n1. The Morgan fingerprint density at radius 3 is 2.65 bits per heavy atom. The van der Waals surface area contributed by atoms with Crippen LogP contribution in [0.5, 0.6) is 0 Å². The van der Waals surface area contributed by atoms with Crippen LogP contribution < -0.4 is 10.2 Å². The number of carboxylic acid groups (broad SMARTS) is 1. The van der Waals surface area contributed by atoms with Gasteiger partial charge in [0.15, 0.2) is 5.69 Å². The van der Waals surface area contributed by atoms with Crippen molar-refractivity contribution in [3.8, 4) is 0 Å². The zero-order valence-electron chi connectivity index (χ0n) is 11.2. The molecule has 1 aromatic heterocycles. The quantitative estimate of drug-likeness (QED) is 0.848. The van der Waals surface area contributed by atoms with E-state index in [4.69, 9.17) is 4.74 Å². The maximum absolute atomic E-state index is 11.2. The van der Waals surface area contributed by atoms with Gasteiger partial charge in [-0.1, -0.05) is 0 Å². The van der Waals surface area contributed by atoms with Crippen molar-refractivity contribution >= 4 is 17.7 Å². The van der Waals surface area contributed by atoms with Gasteiger partial charge >= 0.3 is 5.97 Å². The molecule has 2 fully saturated rings. The lowest BCUT2D eigenvalue weighted by molar-refractivity contribution is 0.0209. The molecule has 3 heterocycles. The Hall–Kier alpha value is -1.89. The van der Waals surface area contributed by atoms with Gasteiger partial charge in [-0.05, 0) is 19.3 Å². The molecular formula is C13H18N4O3. The topological polar surface area (TPSA) is 87.6 Å². The number of ether oxygens (including phenoxy) is 1. The molecule has 0 aliphatic carbocycles. The number of aromatic carboxylic acids is 1. The molecule has 0 unspecified atom stereocenters. The molecule has 20 heavy (non-hydrogen) atoms. The predicted molar refractivity (Wildman–Crippen MR) is 73.3 cm³/mol. The van der Waals surface area contributed by atoms with Crippen LogP contribution in [-0.2, 0) is 4.74 Å². The lowest BCUT2D eigenvalue weighted by Crippen LogP contribution is -2.40. The molecule has 0 atom stereocenters. The van der Waals surface area contributed by atoms with Crippen molar-refractivity contribution in [3.63, 3.8) is 0 Å². The fourth-order valence-electron chi connectivity index (χ4n) is 2.38. The molecule has 0 radical (unpaired) electrons. The number of nitrogens with one attached hydrogen (secondary N) is 1. The molecule has 0 aromatic carbocycles. The summed E-state index contributed by atoms with van der Waals surface area (Å²) in [6.45, 7) is 3.03. The maximum atomic E-state index is 11.2. The third kappa shape index (κ3) is 2.82. The predicted octanol–water partition coefficient (Wildman–Crippen LogP) is 0.976. The van der Waals surface area contributed by atoms with Crippen molar-refractivity contribution in [1.29, 1.82) is 0 Å². The highest BCUT2D eigenvalue weighted by molar-refractivity contribution is 5.86. The van der Waals surface area contributed by atoms with Gasteiger partial charge in [-0.3, -0.25) is 0 Å². The molecule has 7 nitrogen and oxygen atoms in total. The summed E-state index contributed by atoms with van der Waals surface area (Å²) in [7, 11) is 0. The van der Waals surface area contributed by atoms with E-state index in [2.05, 4.69) is 20.2 Å². The molecule has 7 heteroatoms. The van der Waals surface area contributed by atoms with E-state index in [0.29, 0.717) is 25.0 Å². The van der Waals surface area contributed by atoms with Crippen molar-refractivity contribution in [1.82, 2.24) is 9.97 Å². The molecule has 0 bridgehead atoms. The van der Waals surface area contributed by atoms with Crippen LogP contribution in [0.2, 0.25) is 0 Å². The van der Waals surface area contributed by atoms with Crippen molar-refractivity contribution < 1.29 is 14.6 Å². The average molecular weight is 278 g/mol. The van der Waals surface area contributed by atoms with Crippen molar-refractivity contribution in [2.45, 2.75) is 25.3 Å². The van der Waals surface area contributed by atoms with Gasteiger partial charge in [-0.15, -0.1) is 0 Å². The summed E-state index contributed by atoms with van der Waals surface area (Å²) in [5.74, 6) is 0.0391. The Balaban J connectivity index is 1.84. The highest BCUT2D eigenvalue weighted by Gasteiger charge is 2.21. The number of piperidine rings is 1. The second-order valence-electron chi connectivity index (χ2n) is 5.17. The van der Waals surface area contributed by atoms with Crippen molar-refractivity contribution in [2.75, 3.05) is 36.5 Å². The fraction of sp³-hybridized carbons (Fsp3) is 0.615. The normalized spacial score (nSPS) is 19.5. The van der Waals surface area contributed by atoms with E-state index in [-0.39, 0.29) is 11.7 Å². The maximum Gasteiger partial charge on any atom is 0.354 e. The first-order valence-electron chi connectivity index (χ1n) is 6.94. The Bertz CT molecular complexity index is 498. The van der Waals surface area contributed by atoms with E-state index in [0.717, 1.165) is 25.9 Å². The third-order valence-electron chi connectivity index (χ3n) is 3.56. The van der Waals surface area contributed by atoms with Crippen LogP contribution in [0, 0.1) is 0 Å². The zero-order chi connectivity index (χ0) is 13.9. The van der Waals surface area contributed by atoms with E-state index in [1.807, 2.05) is 0 Å². The second-order valence-corrected chi connectivity index (χ2v) is 5.17. The fourth-order valence-corrected chi connectivity index (χ4v) is 2.38. The number of carboxylic acids is 1. The standard InChI is InChI=1S/C13H18N4O3/c18-12(19)10-6-11(14-9-7-20-8-9)16-13(15-10)17-4-2-1-3-5-17/h6,9H,1-5,7-8H2,(H,18,19)(H,14,15,16). The number of aromatic nitrogens is 2. The van der Waals surface area contributed by atoms with Crippen LogP contribution in [0.15, 0.2) is 6.07 Å². The lowest BCUT2D eigenvalue weighted by atomic mass is 10.1. The van der Waals surface area contributed by atoms with E-state index in [9.17, 15) is 9.90 Å². The molecule has 2 saturated heterocycles. The van der Waals surface area contributed by atoms with Gasteiger partial charge in [0.2, 0.25) is 5.95 Å². The number of rotatable bonds is 4. The summed E-state index contributed by atoms with van der Waals surface area (Å²) >= 11 is 0. The summed E-state index contributed by atoms with van der Waals surface area (Å²) in [5, 5.41) is 12.4. The smallest absolute Gasteiger partial charge is 0.354 e. The first-order valence-corrected chi connectivity index (χ1v) is 6.94. The molecule has 1 aromatic rings. The minimum atomic E-state index is -1.03. The van der Waals surface area contributed by atoms with Gasteiger partial charge in [0.1, 0.15) is 5.82 Å². The van der Waals surface area contributed by atoms with Gasteiger partial charge in [-0.2, -0.15) is 4.98 Å². The first kappa shape index (κ1) is 13.1. The third-order valence-corrected chi connectivity index (χ3v) is 3.56. The number of hydrogen-bond acceptors (Lipinski definition) is 6. The summed E-state index contributed by atoms with van der Waals surface area (Å²) in [4.78, 5) is 21.8. The summed E-state index contributed by atoms with van der Waals surface area (Å²) in [6, 6.07) is 1.69. The zero-order valence-corrected chi connectivity index (χ0v) is 11.2. The number of nitrogens with zero attached hydrogens (tertiary/aromatic N) is 3. The summed E-state index contributed by atoms with van der Waals surface area (Å²) in [6.07, 6.45) is 3.40. The largest absolute Gasteiger partial charge is 0.477 e. The summed E-state index contributed by atoms with van der Waals surface area (Å²) in [5.41, 5.74) is 0.0308. The van der Waals surface area contributed by atoms with E-state index in [1.165, 1.54) is 12.5 Å². The molecule has 2 N–H and O–H groups in total. The monoisotopic (exact) mass is 278 g/mol. The highest BCUT2D eigenvalue weighted by atomic mass is 16.5. The van der Waals surface area contributed by atoms with Crippen LogP contribution >= 0.6 is 0 Å². The van der Waals surface area contributed by atoms with Crippen molar-refractivity contribution in [3.05, 3.63) is 11.8 Å². The molecule has 108 valence electrons. The Morgan fingerprint density at radius 1 is 1.30 bits per heavy atom. The van der Waals surface area contributed by atoms with Crippen LogP contribution in [0.3, 0.4) is 0 Å². The molecule has 0 saturated carbocycles. The van der Waals surface area contributed by atoms with Gasteiger partial charge in [0.05, 0.1) is 19.3 Å². The minimum absolute atomic E-state index is 0.0308. The van der Waals surface area contributed by atoms with Gasteiger partial charge in [0, 0.05) is 19.2 Å². The number of anilines is 2. The van der Waals surface area contributed by atoms with Gasteiger partial charge in [-0.25, -0.2) is 9.78 Å². The molecule has 2 aliphatic heterocycles. The Kier molecular flexibility index (Phi) is 3.68. The molecule has 3 rings (SSSR count). The first-order chi connectivity index (χ1) is 9.72. The molecule has 0 amide bonds.